The molecule has 0 atom stereocenters. The topological polar surface area (TPSA) is 52.7 Å². The summed E-state index contributed by atoms with van der Waals surface area (Å²) in [6.45, 7) is 2.33. The van der Waals surface area contributed by atoms with Crippen LogP contribution in [0.15, 0.2) is 59.8 Å². The fourth-order valence-electron chi connectivity index (χ4n) is 2.77. The van der Waals surface area contributed by atoms with E-state index in [9.17, 15) is 4.79 Å². The van der Waals surface area contributed by atoms with Crippen LogP contribution < -0.4 is 5.56 Å². The molecule has 0 spiro atoms. The number of rotatable bonds is 3. The summed E-state index contributed by atoms with van der Waals surface area (Å²) in [4.78, 5) is 17.2. The van der Waals surface area contributed by atoms with Gasteiger partial charge in [-0.25, -0.2) is 9.67 Å². The lowest BCUT2D eigenvalue weighted by Gasteiger charge is -2.08. The Kier molecular flexibility index (Phi) is 4.26. The minimum atomic E-state index is -0.167. The van der Waals surface area contributed by atoms with Crippen molar-refractivity contribution >= 4 is 34.2 Å². The summed E-state index contributed by atoms with van der Waals surface area (Å²) in [6, 6.07) is 13.1. The van der Waals surface area contributed by atoms with Crippen molar-refractivity contribution in [3.8, 4) is 5.69 Å². The van der Waals surface area contributed by atoms with E-state index in [-0.39, 0.29) is 5.56 Å². The molecule has 0 amide bonds. The van der Waals surface area contributed by atoms with Crippen LogP contribution in [0.5, 0.6) is 0 Å². The van der Waals surface area contributed by atoms with Crippen molar-refractivity contribution in [2.24, 2.45) is 0 Å². The Labute approximate surface area is 159 Å². The molecule has 0 fully saturated rings. The van der Waals surface area contributed by atoms with Crippen LogP contribution in [0, 0.1) is 6.92 Å². The maximum atomic E-state index is 12.8. The third-order valence-corrected chi connectivity index (χ3v) is 4.78. The minimum absolute atomic E-state index is 0.167. The van der Waals surface area contributed by atoms with Gasteiger partial charge in [-0.15, -0.1) is 0 Å². The van der Waals surface area contributed by atoms with E-state index in [1.807, 2.05) is 31.2 Å². The van der Waals surface area contributed by atoms with Gasteiger partial charge in [0.05, 0.1) is 18.4 Å². The van der Waals surface area contributed by atoms with Crippen molar-refractivity contribution in [2.45, 2.75) is 13.5 Å². The Morgan fingerprint density at radius 1 is 1.08 bits per heavy atom. The molecule has 0 aliphatic carbocycles. The van der Waals surface area contributed by atoms with Gasteiger partial charge in [-0.1, -0.05) is 47.0 Å². The maximum Gasteiger partial charge on any atom is 0.264 e. The van der Waals surface area contributed by atoms with Crippen molar-refractivity contribution < 1.29 is 0 Å². The van der Waals surface area contributed by atoms with Crippen LogP contribution in [0.25, 0.3) is 16.7 Å². The Bertz CT molecular complexity index is 1160. The van der Waals surface area contributed by atoms with E-state index in [1.54, 1.807) is 29.1 Å². The second-order valence-corrected chi connectivity index (χ2v) is 6.89. The van der Waals surface area contributed by atoms with Gasteiger partial charge in [-0.05, 0) is 36.8 Å². The molecule has 4 aromatic rings. The number of aryl methyl sites for hydroxylation is 1. The molecular weight excluding hydrogens is 371 g/mol. The second-order valence-electron chi connectivity index (χ2n) is 6.04. The largest absolute Gasteiger partial charge is 0.294 e. The highest BCUT2D eigenvalue weighted by Gasteiger charge is 2.12. The van der Waals surface area contributed by atoms with Gasteiger partial charge in [0, 0.05) is 10.0 Å². The molecular formula is C19H14Cl2N4O. The monoisotopic (exact) mass is 384 g/mol. The quantitative estimate of drug-likeness (QED) is 0.530. The summed E-state index contributed by atoms with van der Waals surface area (Å²) >= 11 is 12.1. The lowest BCUT2D eigenvalue weighted by molar-refractivity contribution is 0.745. The van der Waals surface area contributed by atoms with E-state index >= 15 is 0 Å². The molecule has 0 bridgehead atoms. The molecule has 2 aromatic carbocycles. The molecule has 0 radical (unpaired) electrons. The highest BCUT2D eigenvalue weighted by atomic mass is 35.5. The van der Waals surface area contributed by atoms with Crippen LogP contribution in [-0.4, -0.2) is 19.3 Å². The number of hydrogen-bond donors (Lipinski definition) is 0. The molecule has 7 heteroatoms. The summed E-state index contributed by atoms with van der Waals surface area (Å²) in [5, 5.41) is 5.86. The smallest absolute Gasteiger partial charge is 0.264 e. The normalized spacial score (nSPS) is 11.2. The van der Waals surface area contributed by atoms with Crippen LogP contribution in [0.1, 0.15) is 11.1 Å². The van der Waals surface area contributed by atoms with Gasteiger partial charge >= 0.3 is 0 Å². The molecule has 0 N–H and O–H groups in total. The van der Waals surface area contributed by atoms with Gasteiger partial charge < -0.3 is 0 Å². The van der Waals surface area contributed by atoms with Crippen LogP contribution >= 0.6 is 23.2 Å². The van der Waals surface area contributed by atoms with E-state index in [4.69, 9.17) is 23.2 Å². The van der Waals surface area contributed by atoms with Gasteiger partial charge in [0.2, 0.25) is 0 Å². The van der Waals surface area contributed by atoms with E-state index in [1.165, 1.54) is 10.9 Å². The molecule has 0 saturated heterocycles. The second kappa shape index (κ2) is 6.59. The number of halogens is 2. The first-order chi connectivity index (χ1) is 12.5. The fraction of sp³-hybridized carbons (Fsp3) is 0.105. The molecule has 26 heavy (non-hydrogen) atoms. The van der Waals surface area contributed by atoms with Crippen molar-refractivity contribution in [3.63, 3.8) is 0 Å². The van der Waals surface area contributed by atoms with Gasteiger partial charge in [-0.3, -0.25) is 9.36 Å². The average molecular weight is 385 g/mol. The van der Waals surface area contributed by atoms with E-state index < -0.39 is 0 Å². The number of fused-ring (bicyclic) bond motifs is 1. The first-order valence-electron chi connectivity index (χ1n) is 7.97. The van der Waals surface area contributed by atoms with Gasteiger partial charge in [0.1, 0.15) is 11.7 Å². The predicted molar refractivity (Wildman–Crippen MR) is 103 cm³/mol. The van der Waals surface area contributed by atoms with Crippen molar-refractivity contribution in [2.75, 3.05) is 0 Å². The van der Waals surface area contributed by atoms with Gasteiger partial charge in [0.25, 0.3) is 5.56 Å². The average Bonchev–Trinajstić information content (AvgIpc) is 3.05. The highest BCUT2D eigenvalue weighted by Crippen LogP contribution is 2.21. The molecule has 2 heterocycles. The van der Waals surface area contributed by atoms with Crippen LogP contribution in [0.2, 0.25) is 10.0 Å². The fourth-order valence-corrected chi connectivity index (χ4v) is 3.24. The molecule has 0 unspecified atom stereocenters. The van der Waals surface area contributed by atoms with Gasteiger partial charge in [0.15, 0.2) is 5.65 Å². The number of nitrogens with zero attached hydrogens (tertiary/aromatic N) is 4. The molecule has 5 nitrogen and oxygen atoms in total. The Balaban J connectivity index is 1.76. The predicted octanol–water partition coefficient (Wildman–Crippen LogP) is 4.25. The summed E-state index contributed by atoms with van der Waals surface area (Å²) in [5.74, 6) is 0. The Morgan fingerprint density at radius 2 is 1.85 bits per heavy atom. The van der Waals surface area contributed by atoms with E-state index in [0.717, 1.165) is 16.8 Å². The lowest BCUT2D eigenvalue weighted by atomic mass is 10.2. The van der Waals surface area contributed by atoms with Crippen molar-refractivity contribution in [1.29, 1.82) is 0 Å². The summed E-state index contributed by atoms with van der Waals surface area (Å²) in [6.07, 6.45) is 3.06. The zero-order valence-corrected chi connectivity index (χ0v) is 15.4. The summed E-state index contributed by atoms with van der Waals surface area (Å²) in [7, 11) is 0. The molecule has 0 aliphatic rings. The molecule has 2 aromatic heterocycles. The SMILES string of the molecule is Cc1ccc(-n2ncc3c(=O)n(Cc4ccc(Cl)cc4Cl)cnc32)cc1. The zero-order chi connectivity index (χ0) is 18.3. The summed E-state index contributed by atoms with van der Waals surface area (Å²) < 4.78 is 3.17. The molecule has 0 aliphatic heterocycles. The lowest BCUT2D eigenvalue weighted by Crippen LogP contribution is -2.21. The standard InChI is InChI=1S/C19H14Cl2N4O/c1-12-2-6-15(7-3-12)25-18-16(9-23-25)19(26)24(11-22-18)10-13-4-5-14(20)8-17(13)21/h2-9,11H,10H2,1H3. The third kappa shape index (κ3) is 3.00. The van der Waals surface area contributed by atoms with E-state index in [2.05, 4.69) is 10.1 Å². The van der Waals surface area contributed by atoms with Crippen LogP contribution in [0.4, 0.5) is 0 Å². The zero-order valence-electron chi connectivity index (χ0n) is 13.9. The maximum absolute atomic E-state index is 12.8. The minimum Gasteiger partial charge on any atom is -0.294 e. The van der Waals surface area contributed by atoms with Gasteiger partial charge in [-0.2, -0.15) is 5.10 Å². The highest BCUT2D eigenvalue weighted by molar-refractivity contribution is 6.35. The Hall–Kier alpha value is -2.63. The Morgan fingerprint density at radius 3 is 2.58 bits per heavy atom. The molecule has 130 valence electrons. The van der Waals surface area contributed by atoms with E-state index in [0.29, 0.717) is 27.6 Å². The first-order valence-corrected chi connectivity index (χ1v) is 8.72. The van der Waals surface area contributed by atoms with Crippen molar-refractivity contribution in [1.82, 2.24) is 19.3 Å². The van der Waals surface area contributed by atoms with Crippen LogP contribution in [-0.2, 0) is 6.54 Å². The number of hydrogen-bond acceptors (Lipinski definition) is 3. The third-order valence-electron chi connectivity index (χ3n) is 4.19. The van der Waals surface area contributed by atoms with Crippen molar-refractivity contribution in [3.05, 3.63) is 86.5 Å². The molecule has 4 rings (SSSR count). The summed E-state index contributed by atoms with van der Waals surface area (Å²) in [5.41, 5.74) is 3.17. The van der Waals surface area contributed by atoms with Crippen LogP contribution in [0.3, 0.4) is 0 Å². The first kappa shape index (κ1) is 16.8. The number of benzene rings is 2. The number of aromatic nitrogens is 4. The molecule has 0 saturated carbocycles.